The van der Waals surface area contributed by atoms with Crippen molar-refractivity contribution >= 4 is 18.9 Å². The lowest BCUT2D eigenvalue weighted by Crippen LogP contribution is -2.39. The lowest BCUT2D eigenvalue weighted by atomic mass is 9.99. The summed E-state index contributed by atoms with van der Waals surface area (Å²) < 4.78 is 41.3. The Morgan fingerprint density at radius 1 is 0.562 bits per heavy atom. The Hall–Kier alpha value is -3.12. The summed E-state index contributed by atoms with van der Waals surface area (Å²) in [5, 5.41) is 0. The van der Waals surface area contributed by atoms with Gasteiger partial charge in [0.1, 0.15) is 0 Å². The van der Waals surface area contributed by atoms with Crippen LogP contribution in [0.15, 0.2) is 103 Å². The maximum Gasteiger partial charge on any atom is 0.673 e. The third-order valence-electron chi connectivity index (χ3n) is 4.72. The normalized spacial score (nSPS) is 10.9. The van der Waals surface area contributed by atoms with E-state index in [1.54, 1.807) is 0 Å². The van der Waals surface area contributed by atoms with Gasteiger partial charge in [-0.05, 0) is 35.4 Å². The van der Waals surface area contributed by atoms with E-state index in [-0.39, 0.29) is 0 Å². The van der Waals surface area contributed by atoms with Crippen LogP contribution in [0.2, 0.25) is 0 Å². The summed E-state index contributed by atoms with van der Waals surface area (Å²) in [7, 11) is -6.00. The molecule has 0 aliphatic rings. The fourth-order valence-electron chi connectivity index (χ4n) is 3.44. The Kier molecular flexibility index (Phi) is 8.06. The highest BCUT2D eigenvalue weighted by Crippen LogP contribution is 2.29. The van der Waals surface area contributed by atoms with Crippen LogP contribution in [0.25, 0.3) is 33.6 Å². The smallest absolute Gasteiger partial charge is 0.418 e. The van der Waals surface area contributed by atoms with E-state index in [1.807, 2.05) is 0 Å². The highest BCUT2D eigenvalue weighted by molar-refractivity contribution is 6.50. The fourth-order valence-corrected chi connectivity index (χ4v) is 3.61. The monoisotopic (exact) mass is 457 g/mol. The molecule has 1 aromatic heterocycles. The molecule has 0 amide bonds. The first-order valence-electron chi connectivity index (χ1n) is 10.0. The predicted molar refractivity (Wildman–Crippen MR) is 124 cm³/mol. The molecule has 1 heterocycles. The van der Waals surface area contributed by atoms with Crippen LogP contribution in [-0.4, -0.2) is 13.1 Å². The molecule has 0 saturated heterocycles. The number of nitrogens with zero attached hydrogens (tertiary/aromatic N) is 1. The molecule has 0 aliphatic carbocycles. The van der Waals surface area contributed by atoms with Crippen LogP contribution in [-0.2, 0) is 6.54 Å². The number of benzene rings is 3. The predicted octanol–water partition coefficient (Wildman–Crippen LogP) is 7.51. The van der Waals surface area contributed by atoms with E-state index in [0.717, 1.165) is 6.54 Å². The first kappa shape index (κ1) is 23.5. The van der Waals surface area contributed by atoms with Crippen molar-refractivity contribution in [2.45, 2.75) is 6.54 Å². The van der Waals surface area contributed by atoms with Crippen molar-refractivity contribution in [2.24, 2.45) is 0 Å². The van der Waals surface area contributed by atoms with E-state index in [0.29, 0.717) is 5.88 Å². The first-order valence-corrected chi connectivity index (χ1v) is 10.6. The van der Waals surface area contributed by atoms with Crippen molar-refractivity contribution in [1.82, 2.24) is 0 Å². The van der Waals surface area contributed by atoms with Gasteiger partial charge < -0.3 is 17.3 Å². The topological polar surface area (TPSA) is 3.88 Å². The number of rotatable bonds is 5. The Balaban J connectivity index is 0.000000523. The number of alkyl halides is 1. The summed E-state index contributed by atoms with van der Waals surface area (Å²) in [4.78, 5) is 0. The molecule has 7 heteroatoms. The lowest BCUT2D eigenvalue weighted by molar-refractivity contribution is -0.671. The molecule has 4 rings (SSSR count). The average Bonchev–Trinajstić information content (AvgIpc) is 2.80. The number of halogens is 5. The van der Waals surface area contributed by atoms with E-state index in [4.69, 9.17) is 11.6 Å². The van der Waals surface area contributed by atoms with Gasteiger partial charge in [0.15, 0.2) is 6.54 Å². The van der Waals surface area contributed by atoms with Crippen molar-refractivity contribution in [3.63, 3.8) is 0 Å². The van der Waals surface area contributed by atoms with E-state index >= 15 is 0 Å². The molecule has 0 unspecified atom stereocenters. The number of pyridine rings is 1. The number of hydrogen-bond donors (Lipinski definition) is 0. The molecule has 4 aromatic rings. The minimum absolute atomic E-state index is 0.565. The standard InChI is InChI=1S/C25H21ClN.BF4/c26-16-17-27-24(21-12-6-2-7-13-21)18-23(20-10-4-1-5-11-20)19-25(27)22-14-8-3-9-15-22;2-1(3,4)5/h1-15,18-19H,16-17H2;/q+1;-1. The Labute approximate surface area is 190 Å². The lowest BCUT2D eigenvalue weighted by Gasteiger charge is -2.12. The third kappa shape index (κ3) is 6.69. The molecule has 3 aromatic carbocycles. The van der Waals surface area contributed by atoms with Gasteiger partial charge in [-0.3, -0.25) is 0 Å². The van der Waals surface area contributed by atoms with Gasteiger partial charge in [-0.15, -0.1) is 11.6 Å². The van der Waals surface area contributed by atoms with Crippen molar-refractivity contribution in [2.75, 3.05) is 5.88 Å². The Morgan fingerprint density at radius 2 is 0.906 bits per heavy atom. The molecule has 0 spiro atoms. The minimum Gasteiger partial charge on any atom is -0.418 e. The van der Waals surface area contributed by atoms with Crippen LogP contribution in [0.3, 0.4) is 0 Å². The zero-order chi connectivity index (χ0) is 23.0. The van der Waals surface area contributed by atoms with Gasteiger partial charge in [-0.1, -0.05) is 66.7 Å². The first-order chi connectivity index (χ1) is 15.4. The fraction of sp³-hybridized carbons (Fsp3) is 0.0800. The summed E-state index contributed by atoms with van der Waals surface area (Å²) in [6.07, 6.45) is 0. The summed E-state index contributed by atoms with van der Waals surface area (Å²) >= 11 is 6.19. The molecule has 0 aliphatic heterocycles. The van der Waals surface area contributed by atoms with Crippen LogP contribution in [0.4, 0.5) is 17.3 Å². The highest BCUT2D eigenvalue weighted by atomic mass is 35.5. The van der Waals surface area contributed by atoms with Crippen LogP contribution < -0.4 is 4.57 Å². The molecule has 0 bridgehead atoms. The summed E-state index contributed by atoms with van der Waals surface area (Å²) in [5.74, 6) is 0.565. The largest absolute Gasteiger partial charge is 0.673 e. The summed E-state index contributed by atoms with van der Waals surface area (Å²) in [6.45, 7) is 0.755. The zero-order valence-corrected chi connectivity index (χ0v) is 17.9. The van der Waals surface area contributed by atoms with Crippen LogP contribution in [0, 0.1) is 0 Å². The van der Waals surface area contributed by atoms with Gasteiger partial charge in [-0.2, -0.15) is 4.57 Å². The molecule has 0 fully saturated rings. The van der Waals surface area contributed by atoms with Crippen LogP contribution >= 0.6 is 11.6 Å². The third-order valence-corrected chi connectivity index (χ3v) is 4.89. The van der Waals surface area contributed by atoms with Crippen molar-refractivity contribution in [3.8, 4) is 33.6 Å². The molecule has 0 saturated carbocycles. The molecule has 1 nitrogen and oxygen atoms in total. The van der Waals surface area contributed by atoms with E-state index in [9.17, 15) is 17.3 Å². The molecule has 0 atom stereocenters. The SMILES string of the molecule is ClCC[n+]1c(-c2ccccc2)cc(-c2ccccc2)cc1-c1ccccc1.F[B-](F)(F)F. The Morgan fingerprint density at radius 3 is 1.25 bits per heavy atom. The van der Waals surface area contributed by atoms with Gasteiger partial charge in [0.2, 0.25) is 11.4 Å². The summed E-state index contributed by atoms with van der Waals surface area (Å²) in [6, 6.07) is 36.1. The second-order valence-corrected chi connectivity index (χ2v) is 7.33. The number of aromatic nitrogens is 1. The van der Waals surface area contributed by atoms with Crippen molar-refractivity contribution < 1.29 is 21.8 Å². The van der Waals surface area contributed by atoms with Gasteiger partial charge in [0, 0.05) is 23.3 Å². The van der Waals surface area contributed by atoms with Crippen LogP contribution in [0.5, 0.6) is 0 Å². The molecule has 164 valence electrons. The maximum absolute atomic E-state index is 9.75. The van der Waals surface area contributed by atoms with E-state index in [2.05, 4.69) is 108 Å². The second kappa shape index (κ2) is 11.0. The highest BCUT2D eigenvalue weighted by Gasteiger charge is 2.22. The van der Waals surface area contributed by atoms with Crippen molar-refractivity contribution in [1.29, 1.82) is 0 Å². The van der Waals surface area contributed by atoms with E-state index in [1.165, 1.54) is 33.6 Å². The minimum atomic E-state index is -6.00. The average molecular weight is 458 g/mol. The number of hydrogen-bond acceptors (Lipinski definition) is 0. The van der Waals surface area contributed by atoms with Crippen molar-refractivity contribution in [3.05, 3.63) is 103 Å². The molecule has 0 N–H and O–H groups in total. The molecular formula is C25H21BClF4N. The quantitative estimate of drug-likeness (QED) is 0.126. The van der Waals surface area contributed by atoms with Gasteiger partial charge in [-0.25, -0.2) is 0 Å². The Bertz CT molecular complexity index is 1050. The van der Waals surface area contributed by atoms with Gasteiger partial charge in [0.05, 0.1) is 5.88 Å². The summed E-state index contributed by atoms with van der Waals surface area (Å²) in [5.41, 5.74) is 7.16. The van der Waals surface area contributed by atoms with E-state index < -0.39 is 7.25 Å². The molecule has 32 heavy (non-hydrogen) atoms. The molecular weight excluding hydrogens is 437 g/mol. The zero-order valence-electron chi connectivity index (χ0n) is 17.1. The van der Waals surface area contributed by atoms with Crippen LogP contribution in [0.1, 0.15) is 0 Å². The van der Waals surface area contributed by atoms with Gasteiger partial charge in [0.25, 0.3) is 0 Å². The maximum atomic E-state index is 9.75. The second-order valence-electron chi connectivity index (χ2n) is 6.95. The van der Waals surface area contributed by atoms with Gasteiger partial charge >= 0.3 is 7.25 Å². The molecule has 0 radical (unpaired) electrons.